The van der Waals surface area contributed by atoms with Gasteiger partial charge in [0.2, 0.25) is 0 Å². The molecule has 29 heavy (non-hydrogen) atoms. The van der Waals surface area contributed by atoms with Crippen LogP contribution in [-0.2, 0) is 14.3 Å². The Hall–Kier alpha value is -3.30. The van der Waals surface area contributed by atoms with Crippen LogP contribution >= 0.6 is 0 Å². The Labute approximate surface area is 166 Å². The van der Waals surface area contributed by atoms with Crippen molar-refractivity contribution in [2.45, 2.75) is 51.2 Å². The first kappa shape index (κ1) is 20.4. The van der Waals surface area contributed by atoms with Gasteiger partial charge < -0.3 is 10.1 Å². The Morgan fingerprint density at radius 3 is 2.62 bits per heavy atom. The summed E-state index contributed by atoms with van der Waals surface area (Å²) >= 11 is 0. The maximum atomic E-state index is 12.5. The Balaban J connectivity index is 1.55. The number of esters is 1. The second kappa shape index (κ2) is 8.38. The molecule has 1 N–H and O–H groups in total. The number of imide groups is 1. The number of hydrogen-bond donors (Lipinski definition) is 1. The Bertz CT molecular complexity index is 877. The number of nitrogens with one attached hydrogen (secondary N) is 1. The summed E-state index contributed by atoms with van der Waals surface area (Å²) in [7, 11) is 0. The molecule has 0 radical (unpaired) electrons. The Kier molecular flexibility index (Phi) is 5.90. The monoisotopic (exact) mass is 403 g/mol. The molecule has 10 heteroatoms. The minimum absolute atomic E-state index is 0.0677. The topological polar surface area (TPSA) is 136 Å². The van der Waals surface area contributed by atoms with E-state index in [1.165, 1.54) is 19.1 Å². The third-order valence-electron chi connectivity index (χ3n) is 5.09. The third-order valence-corrected chi connectivity index (χ3v) is 5.09. The Morgan fingerprint density at radius 1 is 1.28 bits per heavy atom. The van der Waals surface area contributed by atoms with Crippen LogP contribution in [0.15, 0.2) is 18.2 Å². The van der Waals surface area contributed by atoms with E-state index in [1.54, 1.807) is 0 Å². The van der Waals surface area contributed by atoms with Crippen molar-refractivity contribution < 1.29 is 28.8 Å². The molecule has 3 rings (SSSR count). The molecule has 1 unspecified atom stereocenters. The van der Waals surface area contributed by atoms with Gasteiger partial charge in [-0.15, -0.1) is 0 Å². The van der Waals surface area contributed by atoms with E-state index in [0.29, 0.717) is 0 Å². The van der Waals surface area contributed by atoms with Gasteiger partial charge in [-0.2, -0.15) is 0 Å². The largest absolute Gasteiger partial charge is 0.452 e. The summed E-state index contributed by atoms with van der Waals surface area (Å²) in [6.07, 6.45) is 2.60. The normalized spacial score (nSPS) is 17.2. The van der Waals surface area contributed by atoms with Crippen LogP contribution in [0.2, 0.25) is 0 Å². The van der Waals surface area contributed by atoms with Crippen molar-refractivity contribution in [1.29, 1.82) is 0 Å². The molecule has 1 aliphatic heterocycles. The van der Waals surface area contributed by atoms with E-state index >= 15 is 0 Å². The average Bonchev–Trinajstić information content (AvgIpc) is 3.27. The zero-order valence-electron chi connectivity index (χ0n) is 15.9. The van der Waals surface area contributed by atoms with Gasteiger partial charge in [-0.3, -0.25) is 34.2 Å². The summed E-state index contributed by atoms with van der Waals surface area (Å²) in [4.78, 5) is 60.1. The van der Waals surface area contributed by atoms with E-state index in [-0.39, 0.29) is 36.0 Å². The van der Waals surface area contributed by atoms with Gasteiger partial charge >= 0.3 is 5.97 Å². The highest BCUT2D eigenvalue weighted by Crippen LogP contribution is 2.30. The molecule has 1 aromatic rings. The highest BCUT2D eigenvalue weighted by molar-refractivity contribution is 6.23. The summed E-state index contributed by atoms with van der Waals surface area (Å²) in [6.45, 7) is 1.16. The number of amides is 3. The Morgan fingerprint density at radius 2 is 1.97 bits per heavy atom. The van der Waals surface area contributed by atoms with Gasteiger partial charge in [0.15, 0.2) is 6.10 Å². The van der Waals surface area contributed by atoms with Crippen LogP contribution < -0.4 is 5.32 Å². The summed E-state index contributed by atoms with van der Waals surface area (Å²) in [6, 6.07) is 3.89. The molecule has 10 nitrogen and oxygen atoms in total. The van der Waals surface area contributed by atoms with Gasteiger partial charge in [0.25, 0.3) is 23.4 Å². The molecular weight excluding hydrogens is 382 g/mol. The maximum absolute atomic E-state index is 12.5. The molecule has 0 saturated heterocycles. The van der Waals surface area contributed by atoms with E-state index in [0.717, 1.165) is 36.6 Å². The van der Waals surface area contributed by atoms with E-state index in [4.69, 9.17) is 4.74 Å². The van der Waals surface area contributed by atoms with Crippen LogP contribution in [0.1, 0.15) is 59.7 Å². The molecule has 1 aromatic carbocycles. The average molecular weight is 403 g/mol. The van der Waals surface area contributed by atoms with Crippen molar-refractivity contribution in [2.24, 2.45) is 0 Å². The second-order valence-electron chi connectivity index (χ2n) is 7.09. The molecule has 1 heterocycles. The van der Waals surface area contributed by atoms with E-state index in [9.17, 15) is 29.3 Å². The van der Waals surface area contributed by atoms with Crippen LogP contribution in [-0.4, -0.2) is 52.2 Å². The predicted molar refractivity (Wildman–Crippen MR) is 99.0 cm³/mol. The lowest BCUT2D eigenvalue weighted by atomic mass is 10.1. The highest BCUT2D eigenvalue weighted by atomic mass is 16.6. The number of carbonyl (C=O) groups excluding carboxylic acids is 4. The number of nitro groups is 1. The number of fused-ring (bicyclic) bond motifs is 1. The van der Waals surface area contributed by atoms with Crippen molar-refractivity contribution in [3.05, 3.63) is 39.4 Å². The number of nitrogens with zero attached hydrogens (tertiary/aromatic N) is 2. The van der Waals surface area contributed by atoms with Crippen LogP contribution in [0, 0.1) is 10.1 Å². The number of nitro benzene ring substituents is 1. The van der Waals surface area contributed by atoms with Gasteiger partial charge in [-0.05, 0) is 25.8 Å². The van der Waals surface area contributed by atoms with Crippen LogP contribution in [0.3, 0.4) is 0 Å². The standard InChI is InChI=1S/C19H21N3O7/c1-11(17(24)20-12-5-2-3-6-12)29-15(23)9-10-21-18(25)13-7-4-8-14(22(27)28)16(13)19(21)26/h4,7-8,11-12H,2-3,5-6,9-10H2,1H3,(H,20,24). The number of benzene rings is 1. The van der Waals surface area contributed by atoms with Gasteiger partial charge in [0, 0.05) is 18.7 Å². The molecular formula is C19H21N3O7. The van der Waals surface area contributed by atoms with Crippen LogP contribution in [0.25, 0.3) is 0 Å². The fourth-order valence-electron chi connectivity index (χ4n) is 3.57. The van der Waals surface area contributed by atoms with Crippen molar-refractivity contribution in [2.75, 3.05) is 6.54 Å². The number of rotatable bonds is 7. The van der Waals surface area contributed by atoms with Gasteiger partial charge in [0.1, 0.15) is 5.56 Å². The number of hydrogen-bond acceptors (Lipinski definition) is 7. The van der Waals surface area contributed by atoms with Gasteiger partial charge in [-0.1, -0.05) is 18.9 Å². The smallest absolute Gasteiger partial charge is 0.308 e. The summed E-state index contributed by atoms with van der Waals surface area (Å²) < 4.78 is 5.08. The minimum Gasteiger partial charge on any atom is -0.452 e. The lowest BCUT2D eigenvalue weighted by Crippen LogP contribution is -2.41. The van der Waals surface area contributed by atoms with E-state index in [1.807, 2.05) is 0 Å². The van der Waals surface area contributed by atoms with Crippen LogP contribution in [0.4, 0.5) is 5.69 Å². The van der Waals surface area contributed by atoms with Crippen molar-refractivity contribution in [3.63, 3.8) is 0 Å². The molecule has 0 spiro atoms. The second-order valence-corrected chi connectivity index (χ2v) is 7.09. The lowest BCUT2D eigenvalue weighted by Gasteiger charge is -2.18. The first-order chi connectivity index (χ1) is 13.8. The molecule has 154 valence electrons. The van der Waals surface area contributed by atoms with E-state index < -0.39 is 34.5 Å². The third kappa shape index (κ3) is 4.25. The molecule has 1 atom stereocenters. The predicted octanol–water partition coefficient (Wildman–Crippen LogP) is 1.57. The minimum atomic E-state index is -0.994. The zero-order valence-corrected chi connectivity index (χ0v) is 15.9. The summed E-state index contributed by atoms with van der Waals surface area (Å²) in [5, 5.41) is 13.9. The SMILES string of the molecule is CC(OC(=O)CCN1C(=O)c2cccc([N+](=O)[O-])c2C1=O)C(=O)NC1CCCC1. The highest BCUT2D eigenvalue weighted by Gasteiger charge is 2.41. The fraction of sp³-hybridized carbons (Fsp3) is 0.474. The lowest BCUT2D eigenvalue weighted by molar-refractivity contribution is -0.385. The first-order valence-electron chi connectivity index (χ1n) is 9.43. The van der Waals surface area contributed by atoms with Gasteiger partial charge in [0.05, 0.1) is 16.9 Å². The molecule has 1 saturated carbocycles. The fourth-order valence-corrected chi connectivity index (χ4v) is 3.57. The summed E-state index contributed by atoms with van der Waals surface area (Å²) in [5.41, 5.74) is -0.801. The zero-order chi connectivity index (χ0) is 21.1. The molecule has 0 bridgehead atoms. The molecule has 3 amide bonds. The van der Waals surface area contributed by atoms with Crippen molar-refractivity contribution in [1.82, 2.24) is 10.2 Å². The quantitative estimate of drug-likeness (QED) is 0.316. The van der Waals surface area contributed by atoms with Crippen molar-refractivity contribution >= 4 is 29.4 Å². The summed E-state index contributed by atoms with van der Waals surface area (Å²) in [5.74, 6) is -2.66. The molecule has 2 aliphatic rings. The van der Waals surface area contributed by atoms with Crippen LogP contribution in [0.5, 0.6) is 0 Å². The first-order valence-corrected chi connectivity index (χ1v) is 9.43. The molecule has 0 aromatic heterocycles. The number of ether oxygens (including phenoxy) is 1. The molecule has 1 aliphatic carbocycles. The maximum Gasteiger partial charge on any atom is 0.308 e. The molecule has 1 fully saturated rings. The number of carbonyl (C=O) groups is 4. The van der Waals surface area contributed by atoms with Crippen molar-refractivity contribution in [3.8, 4) is 0 Å². The van der Waals surface area contributed by atoms with Gasteiger partial charge in [-0.25, -0.2) is 0 Å². The van der Waals surface area contributed by atoms with E-state index in [2.05, 4.69) is 5.32 Å².